The van der Waals surface area contributed by atoms with Crippen LogP contribution >= 0.6 is 0 Å². The maximum absolute atomic E-state index is 13.7. The summed E-state index contributed by atoms with van der Waals surface area (Å²) in [6.45, 7) is 8.46. The molecule has 5 rings (SSSR count). The lowest BCUT2D eigenvalue weighted by Crippen LogP contribution is -2.53. The van der Waals surface area contributed by atoms with Crippen molar-refractivity contribution in [2.75, 3.05) is 19.6 Å². The van der Waals surface area contributed by atoms with Crippen molar-refractivity contribution < 1.29 is 19.2 Å². The number of rotatable bonds is 5. The molecule has 0 aliphatic carbocycles. The van der Waals surface area contributed by atoms with E-state index in [9.17, 15) is 19.2 Å². The molecule has 44 heavy (non-hydrogen) atoms. The van der Waals surface area contributed by atoms with E-state index in [-0.39, 0.29) is 36.5 Å². The third kappa shape index (κ3) is 6.89. The SMILES string of the molecule is CC(=O)c1c(C)nn(CC(=O)N2CCCC(=O)N3CCCC[C@H]3C(=O)N[C@H](Cc3ccccc3)c3nc(C)nn3CC2)c1C. The van der Waals surface area contributed by atoms with Gasteiger partial charge in [-0.15, -0.1) is 0 Å². The second-order valence-electron chi connectivity index (χ2n) is 11.8. The van der Waals surface area contributed by atoms with Gasteiger partial charge >= 0.3 is 0 Å². The molecule has 12 heteroatoms. The molecule has 0 unspecified atom stereocenters. The summed E-state index contributed by atoms with van der Waals surface area (Å²) in [6, 6.07) is 8.88. The third-order valence-corrected chi connectivity index (χ3v) is 8.61. The van der Waals surface area contributed by atoms with Crippen LogP contribution in [-0.4, -0.2) is 83.5 Å². The van der Waals surface area contributed by atoms with Crippen molar-refractivity contribution in [2.24, 2.45) is 0 Å². The van der Waals surface area contributed by atoms with Gasteiger partial charge in [0.2, 0.25) is 17.7 Å². The summed E-state index contributed by atoms with van der Waals surface area (Å²) >= 11 is 0. The number of hydrogen-bond acceptors (Lipinski definition) is 7. The topological polar surface area (TPSA) is 135 Å². The van der Waals surface area contributed by atoms with E-state index in [1.54, 1.807) is 33.0 Å². The average Bonchev–Trinajstić information content (AvgIpc) is 3.51. The zero-order valence-electron chi connectivity index (χ0n) is 26.1. The number of aromatic nitrogens is 5. The predicted molar refractivity (Wildman–Crippen MR) is 163 cm³/mol. The van der Waals surface area contributed by atoms with Crippen LogP contribution in [0.25, 0.3) is 0 Å². The van der Waals surface area contributed by atoms with E-state index in [1.807, 2.05) is 37.3 Å². The fraction of sp³-hybridized carbons (Fsp3) is 0.531. The number of piperidine rings is 1. The first-order valence-electron chi connectivity index (χ1n) is 15.5. The summed E-state index contributed by atoms with van der Waals surface area (Å²) in [4.78, 5) is 61.2. The molecule has 0 saturated carbocycles. The van der Waals surface area contributed by atoms with E-state index in [2.05, 4.69) is 15.5 Å². The van der Waals surface area contributed by atoms with Crippen LogP contribution in [0.2, 0.25) is 0 Å². The summed E-state index contributed by atoms with van der Waals surface area (Å²) in [5, 5.41) is 12.3. The first kappa shape index (κ1) is 31.1. The van der Waals surface area contributed by atoms with Crippen molar-refractivity contribution in [3.05, 3.63) is 64.5 Å². The Labute approximate surface area is 257 Å². The largest absolute Gasteiger partial charge is 0.344 e. The Bertz CT molecular complexity index is 1530. The van der Waals surface area contributed by atoms with E-state index >= 15 is 0 Å². The highest BCUT2D eigenvalue weighted by molar-refractivity contribution is 5.96. The Morgan fingerprint density at radius 2 is 1.73 bits per heavy atom. The van der Waals surface area contributed by atoms with Gasteiger partial charge in [-0.2, -0.15) is 10.2 Å². The summed E-state index contributed by atoms with van der Waals surface area (Å²) in [6.07, 6.45) is 3.54. The molecule has 1 N–H and O–H groups in total. The molecule has 3 aromatic rings. The molecule has 1 aromatic carbocycles. The first-order valence-corrected chi connectivity index (χ1v) is 15.5. The highest BCUT2D eigenvalue weighted by Gasteiger charge is 2.34. The van der Waals surface area contributed by atoms with Crippen molar-refractivity contribution in [3.8, 4) is 0 Å². The molecule has 12 nitrogen and oxygen atoms in total. The second-order valence-corrected chi connectivity index (χ2v) is 11.8. The number of aryl methyl sites for hydroxylation is 2. The van der Waals surface area contributed by atoms with Crippen molar-refractivity contribution >= 4 is 23.5 Å². The fourth-order valence-electron chi connectivity index (χ4n) is 6.45. The zero-order valence-corrected chi connectivity index (χ0v) is 26.1. The maximum Gasteiger partial charge on any atom is 0.244 e. The minimum atomic E-state index is -0.547. The molecule has 3 amide bonds. The van der Waals surface area contributed by atoms with E-state index in [0.29, 0.717) is 74.0 Å². The van der Waals surface area contributed by atoms with Crippen molar-refractivity contribution in [1.29, 1.82) is 0 Å². The van der Waals surface area contributed by atoms with Crippen LogP contribution < -0.4 is 5.32 Å². The number of amides is 3. The van der Waals surface area contributed by atoms with Crippen LogP contribution in [0.1, 0.15) is 84.0 Å². The molecule has 2 atom stereocenters. The highest BCUT2D eigenvalue weighted by atomic mass is 16.2. The van der Waals surface area contributed by atoms with Gasteiger partial charge in [-0.1, -0.05) is 30.3 Å². The van der Waals surface area contributed by atoms with Gasteiger partial charge in [0, 0.05) is 31.7 Å². The number of fused-ring (bicyclic) bond motifs is 2. The van der Waals surface area contributed by atoms with Crippen LogP contribution in [0, 0.1) is 20.8 Å². The Morgan fingerprint density at radius 1 is 0.955 bits per heavy atom. The van der Waals surface area contributed by atoms with E-state index in [1.165, 1.54) is 6.92 Å². The molecule has 2 aliphatic heterocycles. The molecule has 0 radical (unpaired) electrons. The van der Waals surface area contributed by atoms with Crippen LogP contribution in [0.15, 0.2) is 30.3 Å². The molecule has 2 aromatic heterocycles. The van der Waals surface area contributed by atoms with Crippen LogP contribution in [0.4, 0.5) is 0 Å². The lowest BCUT2D eigenvalue weighted by atomic mass is 9.99. The van der Waals surface area contributed by atoms with Gasteiger partial charge in [-0.05, 0) is 65.4 Å². The minimum Gasteiger partial charge on any atom is -0.344 e. The molecular weight excluding hydrogens is 560 g/mol. The quantitative estimate of drug-likeness (QED) is 0.444. The van der Waals surface area contributed by atoms with Crippen molar-refractivity contribution in [3.63, 3.8) is 0 Å². The number of nitrogens with zero attached hydrogens (tertiary/aromatic N) is 7. The zero-order chi connectivity index (χ0) is 31.4. The van der Waals surface area contributed by atoms with Gasteiger partial charge in [0.15, 0.2) is 5.78 Å². The molecule has 234 valence electrons. The monoisotopic (exact) mass is 602 g/mol. The summed E-state index contributed by atoms with van der Waals surface area (Å²) in [7, 11) is 0. The standard InChI is InChI=1S/C32H42N8O4/c1-21-30(23(3)41)22(2)40(35-21)20-29(43)37-15-10-14-28(42)38-16-9-8-13-27(38)32(44)34-26(19-25-11-6-5-7-12-25)31-33-24(4)36-39(31)18-17-37/h5-7,11-12,26-27H,8-10,13-20H2,1-4H3,(H,34,44)/t26-,27+/m1/s1. The average molecular weight is 603 g/mol. The lowest BCUT2D eigenvalue weighted by molar-refractivity contribution is -0.143. The molecular formula is C32H42N8O4. The molecule has 0 spiro atoms. The normalized spacial score (nSPS) is 20.0. The minimum absolute atomic E-state index is 0.0158. The third-order valence-electron chi connectivity index (χ3n) is 8.61. The van der Waals surface area contributed by atoms with Gasteiger partial charge in [0.1, 0.15) is 24.2 Å². The summed E-state index contributed by atoms with van der Waals surface area (Å²) < 4.78 is 3.37. The van der Waals surface area contributed by atoms with Crippen LogP contribution in [0.3, 0.4) is 0 Å². The number of hydrogen-bond donors (Lipinski definition) is 1. The molecule has 0 bridgehead atoms. The van der Waals surface area contributed by atoms with Gasteiger partial charge < -0.3 is 15.1 Å². The Morgan fingerprint density at radius 3 is 2.45 bits per heavy atom. The first-order chi connectivity index (χ1) is 21.1. The van der Waals surface area contributed by atoms with Crippen molar-refractivity contribution in [2.45, 2.75) is 91.4 Å². The van der Waals surface area contributed by atoms with Crippen LogP contribution in [-0.2, 0) is 33.9 Å². The molecule has 4 heterocycles. The number of benzene rings is 1. The number of nitrogens with one attached hydrogen (secondary N) is 1. The summed E-state index contributed by atoms with van der Waals surface area (Å²) in [5.41, 5.74) is 2.83. The number of Topliss-reactive ketones (excluding diaryl/α,β-unsaturated/α-hetero) is 1. The molecule has 2 aliphatic rings. The number of carbonyl (C=O) groups is 4. The molecule has 1 fully saturated rings. The summed E-state index contributed by atoms with van der Waals surface area (Å²) in [5.74, 6) is 0.699. The van der Waals surface area contributed by atoms with Gasteiger partial charge in [0.05, 0.1) is 23.8 Å². The number of carbonyl (C=O) groups excluding carboxylic acids is 4. The Hall–Kier alpha value is -4.35. The lowest BCUT2D eigenvalue weighted by Gasteiger charge is -2.36. The highest BCUT2D eigenvalue weighted by Crippen LogP contribution is 2.23. The van der Waals surface area contributed by atoms with Gasteiger partial charge in [0.25, 0.3) is 0 Å². The Balaban J connectivity index is 1.46. The Kier molecular flexibility index (Phi) is 9.55. The second kappa shape index (κ2) is 13.5. The number of ketones is 1. The van der Waals surface area contributed by atoms with E-state index < -0.39 is 12.1 Å². The van der Waals surface area contributed by atoms with E-state index in [0.717, 1.165) is 18.4 Å². The van der Waals surface area contributed by atoms with E-state index in [4.69, 9.17) is 4.98 Å². The molecule has 1 saturated heterocycles. The van der Waals surface area contributed by atoms with Crippen molar-refractivity contribution in [1.82, 2.24) is 39.7 Å². The maximum atomic E-state index is 13.7. The fourth-order valence-corrected chi connectivity index (χ4v) is 6.45. The predicted octanol–water partition coefficient (Wildman–Crippen LogP) is 2.71. The van der Waals surface area contributed by atoms with Crippen LogP contribution in [0.5, 0.6) is 0 Å². The van der Waals surface area contributed by atoms with Gasteiger partial charge in [-0.3, -0.25) is 23.9 Å². The smallest absolute Gasteiger partial charge is 0.244 e. The van der Waals surface area contributed by atoms with Gasteiger partial charge in [-0.25, -0.2) is 9.67 Å².